The summed E-state index contributed by atoms with van der Waals surface area (Å²) in [5.41, 5.74) is -0.0409. The van der Waals surface area contributed by atoms with Crippen LogP contribution >= 0.6 is 0 Å². The van der Waals surface area contributed by atoms with Crippen molar-refractivity contribution in [3.63, 3.8) is 0 Å². The molecule has 0 spiro atoms. The Balaban J connectivity index is 2.17. The Morgan fingerprint density at radius 1 is 1.30 bits per heavy atom. The molecule has 1 fully saturated rings. The zero-order valence-electron chi connectivity index (χ0n) is 12.3. The van der Waals surface area contributed by atoms with Crippen molar-refractivity contribution in [1.29, 1.82) is 0 Å². The minimum absolute atomic E-state index is 0.188. The zero-order chi connectivity index (χ0) is 17.0. The minimum atomic E-state index is -4.45. The number of nitro benzene ring substituents is 1. The molecule has 0 saturated carbocycles. The van der Waals surface area contributed by atoms with E-state index in [-0.39, 0.29) is 30.4 Å². The predicted molar refractivity (Wildman–Crippen MR) is 75.4 cm³/mol. The number of nitro groups is 1. The van der Waals surface area contributed by atoms with Crippen molar-refractivity contribution in [1.82, 2.24) is 9.80 Å². The number of amides is 1. The number of halogens is 3. The molecule has 0 radical (unpaired) electrons. The molecule has 1 heterocycles. The van der Waals surface area contributed by atoms with Gasteiger partial charge in [-0.1, -0.05) is 18.2 Å². The molecule has 1 aromatic rings. The number of carbonyl (C=O) groups is 1. The minimum Gasteiger partial charge on any atom is -0.330 e. The Hall–Kier alpha value is -2.16. The van der Waals surface area contributed by atoms with Gasteiger partial charge in [0.05, 0.1) is 18.1 Å². The van der Waals surface area contributed by atoms with E-state index in [4.69, 9.17) is 0 Å². The molecule has 0 atom stereocenters. The fraction of sp³-hybridized carbons (Fsp3) is 0.500. The van der Waals surface area contributed by atoms with Gasteiger partial charge >= 0.3 is 6.18 Å². The number of rotatable bonds is 6. The molecule has 1 aliphatic heterocycles. The highest BCUT2D eigenvalue weighted by atomic mass is 19.4. The van der Waals surface area contributed by atoms with E-state index in [1.165, 1.54) is 29.2 Å². The van der Waals surface area contributed by atoms with Gasteiger partial charge in [0, 0.05) is 31.1 Å². The first-order valence-corrected chi connectivity index (χ1v) is 7.05. The fourth-order valence-electron chi connectivity index (χ4n) is 2.57. The molecule has 1 aliphatic rings. The second-order valence-electron chi connectivity index (χ2n) is 5.39. The molecule has 1 amide bonds. The Labute approximate surface area is 130 Å². The van der Waals surface area contributed by atoms with Crippen LogP contribution in [-0.2, 0) is 11.3 Å². The third kappa shape index (κ3) is 4.92. The van der Waals surface area contributed by atoms with E-state index in [1.807, 2.05) is 0 Å². The number of alkyl halides is 3. The molecule has 0 aliphatic carbocycles. The lowest BCUT2D eigenvalue weighted by molar-refractivity contribution is -0.385. The Morgan fingerprint density at radius 2 is 2.00 bits per heavy atom. The van der Waals surface area contributed by atoms with Crippen molar-refractivity contribution in [2.24, 2.45) is 0 Å². The van der Waals surface area contributed by atoms with E-state index >= 15 is 0 Å². The molecule has 126 valence electrons. The first-order chi connectivity index (χ1) is 10.8. The summed E-state index contributed by atoms with van der Waals surface area (Å²) >= 11 is 0. The number of hydrogen-bond acceptors (Lipinski definition) is 4. The summed E-state index contributed by atoms with van der Waals surface area (Å²) in [6, 6.07) is 5.67. The zero-order valence-corrected chi connectivity index (χ0v) is 12.3. The number of nitrogens with zero attached hydrogens (tertiary/aromatic N) is 3. The maximum absolute atomic E-state index is 12.8. The number of para-hydroxylation sites is 1. The van der Waals surface area contributed by atoms with Crippen LogP contribution in [0, 0.1) is 10.1 Å². The molecule has 1 aromatic carbocycles. The highest BCUT2D eigenvalue weighted by Gasteiger charge is 2.33. The average Bonchev–Trinajstić information content (AvgIpc) is 2.82. The summed E-state index contributed by atoms with van der Waals surface area (Å²) in [4.78, 5) is 24.3. The van der Waals surface area contributed by atoms with Crippen molar-refractivity contribution in [2.45, 2.75) is 25.6 Å². The first-order valence-electron chi connectivity index (χ1n) is 7.05. The lowest BCUT2D eigenvalue weighted by Crippen LogP contribution is -2.42. The first kappa shape index (κ1) is 17.2. The van der Waals surface area contributed by atoms with Gasteiger partial charge in [0.2, 0.25) is 5.91 Å². The van der Waals surface area contributed by atoms with Crippen LogP contribution in [-0.4, -0.2) is 46.6 Å². The van der Waals surface area contributed by atoms with E-state index in [9.17, 15) is 28.1 Å². The summed E-state index contributed by atoms with van der Waals surface area (Å²) in [6.45, 7) is -1.27. The Morgan fingerprint density at radius 3 is 2.57 bits per heavy atom. The molecule has 2 rings (SSSR count). The predicted octanol–water partition coefficient (Wildman–Crippen LogP) is 2.54. The van der Waals surface area contributed by atoms with Crippen molar-refractivity contribution >= 4 is 11.6 Å². The van der Waals surface area contributed by atoms with E-state index in [1.54, 1.807) is 0 Å². The van der Waals surface area contributed by atoms with Gasteiger partial charge < -0.3 is 4.90 Å². The average molecular weight is 331 g/mol. The number of hydrogen-bond donors (Lipinski definition) is 0. The monoisotopic (exact) mass is 331 g/mol. The van der Waals surface area contributed by atoms with Crippen molar-refractivity contribution in [3.05, 3.63) is 39.9 Å². The smallest absolute Gasteiger partial charge is 0.330 e. The quantitative estimate of drug-likeness (QED) is 0.593. The van der Waals surface area contributed by atoms with E-state index in [0.29, 0.717) is 19.4 Å². The van der Waals surface area contributed by atoms with Crippen LogP contribution in [0.5, 0.6) is 0 Å². The van der Waals surface area contributed by atoms with E-state index in [0.717, 1.165) is 4.90 Å². The van der Waals surface area contributed by atoms with Gasteiger partial charge in [-0.25, -0.2) is 0 Å². The van der Waals surface area contributed by atoms with Gasteiger partial charge in [-0.15, -0.1) is 0 Å². The molecule has 0 unspecified atom stereocenters. The third-order valence-corrected chi connectivity index (χ3v) is 3.53. The molecule has 23 heavy (non-hydrogen) atoms. The SMILES string of the molecule is O=C1CCCN1CN(Cc1ccccc1[N+](=O)[O-])CC(F)(F)F. The molecule has 1 saturated heterocycles. The van der Waals surface area contributed by atoms with Crippen LogP contribution < -0.4 is 0 Å². The van der Waals surface area contributed by atoms with Gasteiger partial charge in [0.1, 0.15) is 0 Å². The van der Waals surface area contributed by atoms with Crippen LogP contribution in [0.15, 0.2) is 24.3 Å². The molecule has 0 aromatic heterocycles. The normalized spacial score (nSPS) is 15.5. The van der Waals surface area contributed by atoms with Crippen molar-refractivity contribution < 1.29 is 22.9 Å². The maximum Gasteiger partial charge on any atom is 0.401 e. The lowest BCUT2D eigenvalue weighted by atomic mass is 10.1. The van der Waals surface area contributed by atoms with Gasteiger partial charge in [-0.3, -0.25) is 19.8 Å². The lowest BCUT2D eigenvalue weighted by Gasteiger charge is -2.28. The molecular formula is C14H16F3N3O3. The maximum atomic E-state index is 12.8. The number of carbonyl (C=O) groups excluding carboxylic acids is 1. The molecule has 0 bridgehead atoms. The van der Waals surface area contributed by atoms with Crippen molar-refractivity contribution in [3.8, 4) is 0 Å². The molecule has 9 heteroatoms. The van der Waals surface area contributed by atoms with Crippen LogP contribution in [0.4, 0.5) is 18.9 Å². The van der Waals surface area contributed by atoms with Crippen LogP contribution in [0.3, 0.4) is 0 Å². The molecular weight excluding hydrogens is 315 g/mol. The van der Waals surface area contributed by atoms with Gasteiger partial charge in [-0.05, 0) is 6.42 Å². The van der Waals surface area contributed by atoms with Crippen molar-refractivity contribution in [2.75, 3.05) is 19.8 Å². The highest BCUT2D eigenvalue weighted by Crippen LogP contribution is 2.23. The highest BCUT2D eigenvalue weighted by molar-refractivity contribution is 5.77. The summed E-state index contributed by atoms with van der Waals surface area (Å²) in [7, 11) is 0. The van der Waals surface area contributed by atoms with Crippen LogP contribution in [0.1, 0.15) is 18.4 Å². The molecule has 6 nitrogen and oxygen atoms in total. The summed E-state index contributed by atoms with van der Waals surface area (Å²) in [5, 5.41) is 11.0. The topological polar surface area (TPSA) is 66.7 Å². The summed E-state index contributed by atoms with van der Waals surface area (Å²) in [6.07, 6.45) is -3.51. The van der Waals surface area contributed by atoms with Gasteiger partial charge in [0.25, 0.3) is 5.69 Å². The second kappa shape index (κ2) is 6.95. The van der Waals surface area contributed by atoms with Gasteiger partial charge in [0.15, 0.2) is 0 Å². The number of likely N-dealkylation sites (tertiary alicyclic amines) is 1. The fourth-order valence-corrected chi connectivity index (χ4v) is 2.57. The Kier molecular flexibility index (Phi) is 5.19. The molecule has 0 N–H and O–H groups in total. The third-order valence-electron chi connectivity index (χ3n) is 3.53. The van der Waals surface area contributed by atoms with E-state index in [2.05, 4.69) is 0 Å². The largest absolute Gasteiger partial charge is 0.401 e. The standard InChI is InChI=1S/C14H16F3N3O3/c15-14(16,17)9-18(10-19-7-3-6-13(19)21)8-11-4-1-2-5-12(11)20(22)23/h1-2,4-5H,3,6-10H2. The second-order valence-corrected chi connectivity index (χ2v) is 5.39. The summed E-state index contributed by atoms with van der Waals surface area (Å²) in [5.74, 6) is -0.195. The Bertz CT molecular complexity index is 592. The van der Waals surface area contributed by atoms with Crippen LogP contribution in [0.25, 0.3) is 0 Å². The summed E-state index contributed by atoms with van der Waals surface area (Å²) < 4.78 is 38.3. The van der Waals surface area contributed by atoms with Gasteiger partial charge in [-0.2, -0.15) is 13.2 Å². The van der Waals surface area contributed by atoms with Crippen LogP contribution in [0.2, 0.25) is 0 Å². The number of benzene rings is 1. The van der Waals surface area contributed by atoms with E-state index < -0.39 is 17.6 Å².